The van der Waals surface area contributed by atoms with Crippen molar-refractivity contribution >= 4 is 17.1 Å². The molecule has 0 bridgehead atoms. The molecule has 0 aromatic heterocycles. The molecule has 1 aliphatic heterocycles. The van der Waals surface area contributed by atoms with Gasteiger partial charge in [-0.05, 0) is 69.8 Å². The largest absolute Gasteiger partial charge is 0.504 e. The van der Waals surface area contributed by atoms with Gasteiger partial charge >= 0.3 is 0 Å². The second-order valence-corrected chi connectivity index (χ2v) is 9.23. The van der Waals surface area contributed by atoms with Crippen LogP contribution in [0.15, 0.2) is 103 Å². The molecule has 174 valence electrons. The maximum absolute atomic E-state index is 10.8. The van der Waals surface area contributed by atoms with Crippen molar-refractivity contribution in [2.75, 3.05) is 4.90 Å². The molecule has 1 aliphatic carbocycles. The van der Waals surface area contributed by atoms with Crippen LogP contribution in [0.2, 0.25) is 0 Å². The monoisotopic (exact) mass is 471 g/mol. The molecule has 0 radical (unpaired) electrons. The van der Waals surface area contributed by atoms with Gasteiger partial charge < -0.3 is 25.3 Å². The molecule has 1 spiro atoms. The van der Waals surface area contributed by atoms with Crippen molar-refractivity contribution in [1.29, 1.82) is 0 Å². The van der Waals surface area contributed by atoms with Gasteiger partial charge in [-0.25, -0.2) is 0 Å². The lowest BCUT2D eigenvalue weighted by Gasteiger charge is -2.45. The Kier molecular flexibility index (Phi) is 4.01. The van der Waals surface area contributed by atoms with Crippen LogP contribution in [0.1, 0.15) is 22.3 Å². The number of hydrogen-bond donors (Lipinski definition) is 4. The van der Waals surface area contributed by atoms with Crippen molar-refractivity contribution in [3.63, 3.8) is 0 Å². The minimum Gasteiger partial charge on any atom is -0.504 e. The zero-order chi connectivity index (χ0) is 24.6. The summed E-state index contributed by atoms with van der Waals surface area (Å²) in [6.07, 6.45) is 0. The van der Waals surface area contributed by atoms with E-state index < -0.39 is 5.41 Å². The number of phenolic OH excluding ortho intramolecular Hbond substituents is 4. The van der Waals surface area contributed by atoms with Crippen LogP contribution in [0.3, 0.4) is 0 Å². The first-order valence-corrected chi connectivity index (χ1v) is 11.7. The summed E-state index contributed by atoms with van der Waals surface area (Å²) in [6, 6.07) is 32.3. The van der Waals surface area contributed by atoms with E-state index in [-0.39, 0.29) is 23.0 Å². The van der Waals surface area contributed by atoms with Crippen LogP contribution in [-0.2, 0) is 5.41 Å². The van der Waals surface area contributed by atoms with Gasteiger partial charge in [-0.3, -0.25) is 0 Å². The van der Waals surface area contributed by atoms with Crippen molar-refractivity contribution in [1.82, 2.24) is 0 Å². The topological polar surface area (TPSA) is 84.2 Å². The van der Waals surface area contributed by atoms with Crippen LogP contribution in [-0.4, -0.2) is 20.4 Å². The molecule has 1 heterocycles. The van der Waals surface area contributed by atoms with Crippen molar-refractivity contribution < 1.29 is 20.4 Å². The maximum atomic E-state index is 10.8. The molecule has 0 saturated heterocycles. The Hall–Kier alpha value is -4.90. The fourth-order valence-electron chi connectivity index (χ4n) is 6.05. The van der Waals surface area contributed by atoms with Crippen LogP contribution < -0.4 is 4.90 Å². The fraction of sp³-hybridized carbons (Fsp3) is 0.0323. The lowest BCUT2D eigenvalue weighted by atomic mass is 9.64. The third-order valence-electron chi connectivity index (χ3n) is 7.44. The molecule has 0 saturated carbocycles. The first kappa shape index (κ1) is 20.5. The highest BCUT2D eigenvalue weighted by Crippen LogP contribution is 2.65. The summed E-state index contributed by atoms with van der Waals surface area (Å²) >= 11 is 0. The molecular formula is C31H21NO4. The van der Waals surface area contributed by atoms with E-state index in [9.17, 15) is 20.4 Å². The van der Waals surface area contributed by atoms with E-state index in [2.05, 4.69) is 11.0 Å². The molecule has 5 aromatic carbocycles. The number of para-hydroxylation sites is 2. The standard InChI is InChI=1S/C31H21NO4/c33-27-14-20-19-10-4-5-11-21(19)31(23(20)15-28(27)34)22-12-6-7-13-25(22)32(18-8-2-1-3-9-18)26-17-30(36)29(35)16-24(26)31/h1-17,33-36H. The third-order valence-corrected chi connectivity index (χ3v) is 7.44. The Balaban J connectivity index is 1.70. The molecule has 1 atom stereocenters. The molecule has 5 nitrogen and oxygen atoms in total. The SMILES string of the molecule is Oc1cc2c(cc1O)C1(c3ccccc3-2)c2ccccc2N(c2ccccc2)c2cc(O)c(O)cc21. The minimum absolute atomic E-state index is 0.190. The van der Waals surface area contributed by atoms with Crippen LogP contribution in [0.5, 0.6) is 23.0 Å². The molecular weight excluding hydrogens is 450 g/mol. The second kappa shape index (κ2) is 7.06. The molecule has 7 rings (SSSR count). The van der Waals surface area contributed by atoms with Gasteiger partial charge in [-0.2, -0.15) is 0 Å². The summed E-state index contributed by atoms with van der Waals surface area (Å²) in [6.45, 7) is 0. The molecule has 5 heteroatoms. The average Bonchev–Trinajstić information content (AvgIpc) is 3.17. The Morgan fingerprint density at radius 3 is 1.81 bits per heavy atom. The Morgan fingerprint density at radius 2 is 1.03 bits per heavy atom. The number of aromatic hydroxyl groups is 4. The molecule has 0 fully saturated rings. The number of nitrogens with zero attached hydrogens (tertiary/aromatic N) is 1. The van der Waals surface area contributed by atoms with Crippen molar-refractivity contribution in [3.05, 3.63) is 125 Å². The van der Waals surface area contributed by atoms with E-state index in [1.165, 1.54) is 0 Å². The van der Waals surface area contributed by atoms with Gasteiger partial charge in [0.05, 0.1) is 16.8 Å². The quantitative estimate of drug-likeness (QED) is 0.201. The smallest absolute Gasteiger partial charge is 0.159 e. The number of anilines is 3. The Labute approximate surface area is 207 Å². The lowest BCUT2D eigenvalue weighted by Crippen LogP contribution is -2.36. The fourth-order valence-corrected chi connectivity index (χ4v) is 6.05. The average molecular weight is 472 g/mol. The molecule has 36 heavy (non-hydrogen) atoms. The number of hydrogen-bond acceptors (Lipinski definition) is 5. The highest BCUT2D eigenvalue weighted by Gasteiger charge is 2.52. The number of rotatable bonds is 1. The second-order valence-electron chi connectivity index (χ2n) is 9.23. The number of fused-ring (bicyclic) bond motifs is 9. The lowest BCUT2D eigenvalue weighted by molar-refractivity contribution is 0.401. The van der Waals surface area contributed by atoms with Crippen LogP contribution in [0, 0.1) is 0 Å². The predicted molar refractivity (Wildman–Crippen MR) is 139 cm³/mol. The summed E-state index contributed by atoms with van der Waals surface area (Å²) in [7, 11) is 0. The van der Waals surface area contributed by atoms with E-state index in [0.29, 0.717) is 5.69 Å². The van der Waals surface area contributed by atoms with Crippen LogP contribution in [0.4, 0.5) is 17.1 Å². The predicted octanol–water partition coefficient (Wildman–Crippen LogP) is 6.66. The van der Waals surface area contributed by atoms with E-state index in [1.54, 1.807) is 24.3 Å². The van der Waals surface area contributed by atoms with E-state index in [4.69, 9.17) is 0 Å². The number of phenols is 4. The molecule has 2 aliphatic rings. The van der Waals surface area contributed by atoms with E-state index in [0.717, 1.165) is 44.8 Å². The zero-order valence-electron chi connectivity index (χ0n) is 19.1. The third kappa shape index (κ3) is 2.44. The Bertz CT molecular complexity index is 1700. The van der Waals surface area contributed by atoms with Crippen molar-refractivity contribution in [3.8, 4) is 34.1 Å². The van der Waals surface area contributed by atoms with Crippen molar-refractivity contribution in [2.24, 2.45) is 0 Å². The van der Waals surface area contributed by atoms with Gasteiger partial charge in [-0.1, -0.05) is 60.7 Å². The number of benzene rings is 5. The first-order valence-electron chi connectivity index (χ1n) is 11.7. The summed E-state index contributed by atoms with van der Waals surface area (Å²) in [5, 5.41) is 42.5. The van der Waals surface area contributed by atoms with E-state index in [1.807, 2.05) is 72.8 Å². The Morgan fingerprint density at radius 1 is 0.444 bits per heavy atom. The van der Waals surface area contributed by atoms with Gasteiger partial charge in [0.15, 0.2) is 23.0 Å². The van der Waals surface area contributed by atoms with Crippen molar-refractivity contribution in [2.45, 2.75) is 5.41 Å². The summed E-state index contributed by atoms with van der Waals surface area (Å²) < 4.78 is 0. The van der Waals surface area contributed by atoms with Crippen LogP contribution in [0.25, 0.3) is 11.1 Å². The molecule has 0 amide bonds. The summed E-state index contributed by atoms with van der Waals surface area (Å²) in [5.41, 5.74) is 6.86. The normalized spacial score (nSPS) is 16.8. The van der Waals surface area contributed by atoms with Gasteiger partial charge in [0.2, 0.25) is 0 Å². The van der Waals surface area contributed by atoms with Gasteiger partial charge in [0, 0.05) is 11.8 Å². The molecule has 1 unspecified atom stereocenters. The molecule has 4 N–H and O–H groups in total. The minimum atomic E-state index is -0.903. The highest BCUT2D eigenvalue weighted by molar-refractivity contribution is 5.96. The van der Waals surface area contributed by atoms with Gasteiger partial charge in [0.1, 0.15) is 0 Å². The highest BCUT2D eigenvalue weighted by atomic mass is 16.3. The summed E-state index contributed by atoms with van der Waals surface area (Å²) in [5.74, 6) is -0.850. The van der Waals surface area contributed by atoms with Crippen LogP contribution >= 0.6 is 0 Å². The zero-order valence-corrected chi connectivity index (χ0v) is 19.1. The molecule has 5 aromatic rings. The maximum Gasteiger partial charge on any atom is 0.159 e. The van der Waals surface area contributed by atoms with E-state index >= 15 is 0 Å². The summed E-state index contributed by atoms with van der Waals surface area (Å²) in [4.78, 5) is 2.08. The first-order chi connectivity index (χ1) is 17.5. The van der Waals surface area contributed by atoms with Gasteiger partial charge in [-0.15, -0.1) is 0 Å². The van der Waals surface area contributed by atoms with Gasteiger partial charge in [0.25, 0.3) is 0 Å².